The second-order valence-corrected chi connectivity index (χ2v) is 9.66. The third-order valence-corrected chi connectivity index (χ3v) is 7.00. The second kappa shape index (κ2) is 10.1. The number of nitrogens with one attached hydrogen (secondary N) is 1. The van der Waals surface area contributed by atoms with Gasteiger partial charge >= 0.3 is 6.03 Å². The van der Waals surface area contributed by atoms with Gasteiger partial charge in [-0.05, 0) is 84.5 Å². The highest BCUT2D eigenvalue weighted by Gasteiger charge is 2.30. The molecule has 0 aromatic heterocycles. The Balaban J connectivity index is 1.36. The van der Waals surface area contributed by atoms with Crippen molar-refractivity contribution in [3.05, 3.63) is 0 Å². The number of urea groups is 1. The monoisotopic (exact) mass is 378 g/mol. The summed E-state index contributed by atoms with van der Waals surface area (Å²) in [5, 5.41) is 3.23. The van der Waals surface area contributed by atoms with Gasteiger partial charge in [-0.3, -0.25) is 4.90 Å². The van der Waals surface area contributed by atoms with E-state index < -0.39 is 0 Å². The molecule has 3 saturated heterocycles. The third-order valence-electron chi connectivity index (χ3n) is 7.00. The molecular formula is C22H42N4O. The Bertz CT molecular complexity index is 445. The van der Waals surface area contributed by atoms with E-state index in [-0.39, 0.29) is 11.6 Å². The zero-order valence-electron chi connectivity index (χ0n) is 17.8. The van der Waals surface area contributed by atoms with Crippen molar-refractivity contribution in [3.8, 4) is 0 Å². The van der Waals surface area contributed by atoms with Crippen molar-refractivity contribution in [1.29, 1.82) is 0 Å². The van der Waals surface area contributed by atoms with Crippen LogP contribution in [0.2, 0.25) is 0 Å². The first-order chi connectivity index (χ1) is 13.0. The zero-order valence-corrected chi connectivity index (χ0v) is 17.8. The predicted molar refractivity (Wildman–Crippen MR) is 112 cm³/mol. The molecule has 0 aromatic carbocycles. The Morgan fingerprint density at radius 1 is 0.852 bits per heavy atom. The molecule has 0 radical (unpaired) electrons. The minimum Gasteiger partial charge on any atom is -0.336 e. The standard InChI is InChI=1S/C22H42N4O/c1-22(2,26-14-8-5-9-15-26)19-23-21(27)25-16-10-20(11-17-25)18-24-12-6-3-4-7-13-24/h20H,3-19H2,1-2H3,(H,23,27). The van der Waals surface area contributed by atoms with Gasteiger partial charge in [-0.15, -0.1) is 0 Å². The Labute approximate surface area is 166 Å². The van der Waals surface area contributed by atoms with Gasteiger partial charge in [-0.2, -0.15) is 0 Å². The first-order valence-corrected chi connectivity index (χ1v) is 11.5. The van der Waals surface area contributed by atoms with E-state index in [0.717, 1.165) is 25.6 Å². The number of carbonyl (C=O) groups is 1. The van der Waals surface area contributed by atoms with Crippen LogP contribution in [0, 0.1) is 5.92 Å². The lowest BCUT2D eigenvalue weighted by molar-refractivity contribution is 0.0920. The van der Waals surface area contributed by atoms with Gasteiger partial charge in [0.25, 0.3) is 0 Å². The van der Waals surface area contributed by atoms with Crippen LogP contribution in [-0.2, 0) is 0 Å². The van der Waals surface area contributed by atoms with Crippen LogP contribution < -0.4 is 5.32 Å². The van der Waals surface area contributed by atoms with Gasteiger partial charge in [0.2, 0.25) is 0 Å². The van der Waals surface area contributed by atoms with Crippen LogP contribution in [0.4, 0.5) is 4.79 Å². The molecule has 3 fully saturated rings. The van der Waals surface area contributed by atoms with E-state index in [0.29, 0.717) is 0 Å². The molecule has 27 heavy (non-hydrogen) atoms. The van der Waals surface area contributed by atoms with E-state index in [1.807, 2.05) is 4.90 Å². The number of likely N-dealkylation sites (tertiary alicyclic amines) is 3. The lowest BCUT2D eigenvalue weighted by Crippen LogP contribution is -2.55. The predicted octanol–water partition coefficient (Wildman–Crippen LogP) is 3.55. The van der Waals surface area contributed by atoms with Crippen molar-refractivity contribution < 1.29 is 4.79 Å². The summed E-state index contributed by atoms with van der Waals surface area (Å²) in [6, 6.07) is 0.147. The Kier molecular flexibility index (Phi) is 7.83. The molecule has 0 aliphatic carbocycles. The lowest BCUT2D eigenvalue weighted by atomic mass is 9.96. The van der Waals surface area contributed by atoms with Crippen molar-refractivity contribution in [2.24, 2.45) is 5.92 Å². The number of amides is 2. The van der Waals surface area contributed by atoms with Gasteiger partial charge in [0.05, 0.1) is 0 Å². The largest absolute Gasteiger partial charge is 0.336 e. The average Bonchev–Trinajstić information content (AvgIpc) is 2.96. The molecule has 3 rings (SSSR count). The molecule has 0 bridgehead atoms. The highest BCUT2D eigenvalue weighted by atomic mass is 16.2. The maximum absolute atomic E-state index is 12.7. The lowest BCUT2D eigenvalue weighted by Gasteiger charge is -2.41. The summed E-state index contributed by atoms with van der Waals surface area (Å²) in [5.41, 5.74) is 0.0567. The Morgan fingerprint density at radius 2 is 1.41 bits per heavy atom. The van der Waals surface area contributed by atoms with E-state index in [1.54, 1.807) is 0 Å². The molecule has 2 amide bonds. The number of piperidine rings is 2. The second-order valence-electron chi connectivity index (χ2n) is 9.66. The van der Waals surface area contributed by atoms with Gasteiger partial charge < -0.3 is 15.1 Å². The summed E-state index contributed by atoms with van der Waals surface area (Å²) in [6.07, 6.45) is 11.8. The number of nitrogens with zero attached hydrogens (tertiary/aromatic N) is 3. The SMILES string of the molecule is CC(C)(CNC(=O)N1CCC(CN2CCCCCC2)CC1)N1CCCCC1. The highest BCUT2D eigenvalue weighted by molar-refractivity contribution is 5.74. The van der Waals surface area contributed by atoms with Crippen LogP contribution >= 0.6 is 0 Å². The summed E-state index contributed by atoms with van der Waals surface area (Å²) >= 11 is 0. The average molecular weight is 379 g/mol. The van der Waals surface area contributed by atoms with Gasteiger partial charge in [0, 0.05) is 31.7 Å². The van der Waals surface area contributed by atoms with Gasteiger partial charge in [-0.1, -0.05) is 19.3 Å². The summed E-state index contributed by atoms with van der Waals surface area (Å²) in [6.45, 7) is 13.3. The molecule has 3 aliphatic heterocycles. The fourth-order valence-electron chi connectivity index (χ4n) is 5.02. The molecule has 0 spiro atoms. The molecule has 3 aliphatic rings. The van der Waals surface area contributed by atoms with Crippen LogP contribution in [-0.4, -0.2) is 78.6 Å². The molecule has 0 atom stereocenters. The van der Waals surface area contributed by atoms with Crippen LogP contribution in [0.5, 0.6) is 0 Å². The first kappa shape index (κ1) is 20.9. The minimum atomic E-state index is 0.0567. The van der Waals surface area contributed by atoms with Crippen molar-refractivity contribution >= 4 is 6.03 Å². The van der Waals surface area contributed by atoms with Crippen molar-refractivity contribution in [2.75, 3.05) is 52.4 Å². The molecule has 5 heteroatoms. The van der Waals surface area contributed by atoms with E-state index in [2.05, 4.69) is 29.0 Å². The quantitative estimate of drug-likeness (QED) is 0.795. The third kappa shape index (κ3) is 6.35. The molecule has 0 unspecified atom stereocenters. The number of carbonyl (C=O) groups excluding carboxylic acids is 1. The van der Waals surface area contributed by atoms with E-state index >= 15 is 0 Å². The van der Waals surface area contributed by atoms with E-state index in [1.165, 1.54) is 90.5 Å². The van der Waals surface area contributed by atoms with Gasteiger partial charge in [-0.25, -0.2) is 4.79 Å². The van der Waals surface area contributed by atoms with Gasteiger partial charge in [0.1, 0.15) is 0 Å². The molecule has 1 N–H and O–H groups in total. The van der Waals surface area contributed by atoms with Crippen molar-refractivity contribution in [3.63, 3.8) is 0 Å². The van der Waals surface area contributed by atoms with Crippen molar-refractivity contribution in [1.82, 2.24) is 20.0 Å². The smallest absolute Gasteiger partial charge is 0.317 e. The number of hydrogen-bond acceptors (Lipinski definition) is 3. The summed E-state index contributed by atoms with van der Waals surface area (Å²) < 4.78 is 0. The fourth-order valence-corrected chi connectivity index (χ4v) is 5.02. The van der Waals surface area contributed by atoms with Crippen LogP contribution in [0.25, 0.3) is 0 Å². The molecule has 3 heterocycles. The summed E-state index contributed by atoms with van der Waals surface area (Å²) in [5.74, 6) is 0.775. The van der Waals surface area contributed by atoms with E-state index in [9.17, 15) is 4.79 Å². The normalized spacial score (nSPS) is 24.6. The maximum Gasteiger partial charge on any atom is 0.317 e. The topological polar surface area (TPSA) is 38.8 Å². The fraction of sp³-hybridized carbons (Fsp3) is 0.955. The number of hydrogen-bond donors (Lipinski definition) is 1. The van der Waals surface area contributed by atoms with Crippen LogP contribution in [0.1, 0.15) is 71.6 Å². The molecule has 156 valence electrons. The van der Waals surface area contributed by atoms with Crippen LogP contribution in [0.3, 0.4) is 0 Å². The molecule has 5 nitrogen and oxygen atoms in total. The molecular weight excluding hydrogens is 336 g/mol. The minimum absolute atomic E-state index is 0.0567. The number of rotatable bonds is 5. The van der Waals surface area contributed by atoms with Crippen molar-refractivity contribution in [2.45, 2.75) is 77.2 Å². The molecule has 0 saturated carbocycles. The summed E-state index contributed by atoms with van der Waals surface area (Å²) in [4.78, 5) is 19.9. The Morgan fingerprint density at radius 3 is 2.04 bits per heavy atom. The summed E-state index contributed by atoms with van der Waals surface area (Å²) in [7, 11) is 0. The first-order valence-electron chi connectivity index (χ1n) is 11.5. The van der Waals surface area contributed by atoms with Gasteiger partial charge in [0.15, 0.2) is 0 Å². The highest BCUT2D eigenvalue weighted by Crippen LogP contribution is 2.22. The van der Waals surface area contributed by atoms with E-state index in [4.69, 9.17) is 0 Å². The Hall–Kier alpha value is -0.810. The zero-order chi connectivity index (χ0) is 19.1. The maximum atomic E-state index is 12.7. The van der Waals surface area contributed by atoms with Crippen LogP contribution in [0.15, 0.2) is 0 Å². The molecule has 0 aromatic rings.